The molecule has 3 rings (SSSR count). The molecule has 2 saturated heterocycles. The van der Waals surface area contributed by atoms with Gasteiger partial charge in [-0.2, -0.15) is 0 Å². The van der Waals surface area contributed by atoms with E-state index in [1.165, 1.54) is 36.8 Å². The maximum Gasteiger partial charge on any atom is 0.0328 e. The lowest BCUT2D eigenvalue weighted by molar-refractivity contribution is 0.0773. The van der Waals surface area contributed by atoms with Crippen molar-refractivity contribution < 1.29 is 0 Å². The highest BCUT2D eigenvalue weighted by Gasteiger charge is 2.42. The van der Waals surface area contributed by atoms with Crippen molar-refractivity contribution in [3.8, 4) is 0 Å². The van der Waals surface area contributed by atoms with Gasteiger partial charge in [-0.1, -0.05) is 31.2 Å². The summed E-state index contributed by atoms with van der Waals surface area (Å²) in [6, 6.07) is 11.8. The Balaban J connectivity index is 1.77. The molecule has 0 amide bonds. The monoisotopic (exact) mass is 272 g/mol. The fourth-order valence-corrected chi connectivity index (χ4v) is 4.52. The standard InChI is InChI=1S/C18H28N2/c1-4-19-15-11-16-9-10-17(12-15)20(16)14(3)18-8-6-5-7-13(18)2/h5-8,14-17,19H,4,9-12H2,1-3H3. The summed E-state index contributed by atoms with van der Waals surface area (Å²) in [4.78, 5) is 2.82. The highest BCUT2D eigenvalue weighted by molar-refractivity contribution is 5.29. The zero-order valence-corrected chi connectivity index (χ0v) is 13.1. The summed E-state index contributed by atoms with van der Waals surface area (Å²) in [7, 11) is 0. The van der Waals surface area contributed by atoms with Crippen LogP contribution in [-0.4, -0.2) is 29.6 Å². The van der Waals surface area contributed by atoms with Gasteiger partial charge in [0.05, 0.1) is 0 Å². The molecule has 2 bridgehead atoms. The minimum absolute atomic E-state index is 0.566. The number of nitrogens with zero attached hydrogens (tertiary/aromatic N) is 1. The van der Waals surface area contributed by atoms with Crippen LogP contribution in [0.3, 0.4) is 0 Å². The Hall–Kier alpha value is -0.860. The molecule has 0 aliphatic carbocycles. The number of hydrogen-bond donors (Lipinski definition) is 1. The number of hydrogen-bond acceptors (Lipinski definition) is 2. The first-order chi connectivity index (χ1) is 9.70. The predicted molar refractivity (Wildman–Crippen MR) is 84.9 cm³/mol. The van der Waals surface area contributed by atoms with E-state index in [-0.39, 0.29) is 0 Å². The van der Waals surface area contributed by atoms with Gasteiger partial charge in [0.2, 0.25) is 0 Å². The van der Waals surface area contributed by atoms with Gasteiger partial charge in [-0.05, 0) is 57.2 Å². The third kappa shape index (κ3) is 2.51. The Bertz CT molecular complexity index is 442. The fourth-order valence-electron chi connectivity index (χ4n) is 4.52. The molecule has 3 unspecified atom stereocenters. The van der Waals surface area contributed by atoms with Gasteiger partial charge in [0.15, 0.2) is 0 Å². The maximum absolute atomic E-state index is 3.67. The number of aryl methyl sites for hydroxylation is 1. The van der Waals surface area contributed by atoms with E-state index in [0.29, 0.717) is 6.04 Å². The zero-order chi connectivity index (χ0) is 14.1. The number of benzene rings is 1. The summed E-state index contributed by atoms with van der Waals surface area (Å²) in [6.07, 6.45) is 5.45. The molecule has 2 fully saturated rings. The van der Waals surface area contributed by atoms with Gasteiger partial charge in [0.1, 0.15) is 0 Å². The Kier molecular flexibility index (Phi) is 4.13. The zero-order valence-electron chi connectivity index (χ0n) is 13.1. The lowest BCUT2D eigenvalue weighted by atomic mass is 9.92. The molecule has 3 atom stereocenters. The predicted octanol–water partition coefficient (Wildman–Crippen LogP) is 3.66. The fraction of sp³-hybridized carbons (Fsp3) is 0.667. The molecule has 0 spiro atoms. The van der Waals surface area contributed by atoms with Crippen LogP contribution in [0.5, 0.6) is 0 Å². The SMILES string of the molecule is CCNC1CC2CCC(C1)N2C(C)c1ccccc1C. The first kappa shape index (κ1) is 14.1. The lowest BCUT2D eigenvalue weighted by Crippen LogP contribution is -2.49. The summed E-state index contributed by atoms with van der Waals surface area (Å²) in [5, 5.41) is 3.67. The normalized spacial score (nSPS) is 31.4. The van der Waals surface area contributed by atoms with Crippen molar-refractivity contribution in [2.24, 2.45) is 0 Å². The Labute approximate surface area is 123 Å². The minimum Gasteiger partial charge on any atom is -0.314 e. The van der Waals surface area contributed by atoms with Crippen LogP contribution in [-0.2, 0) is 0 Å². The smallest absolute Gasteiger partial charge is 0.0328 e. The van der Waals surface area contributed by atoms with Crippen LogP contribution in [0.25, 0.3) is 0 Å². The second kappa shape index (κ2) is 5.87. The quantitative estimate of drug-likeness (QED) is 0.900. The highest BCUT2D eigenvalue weighted by atomic mass is 15.3. The molecule has 110 valence electrons. The average molecular weight is 272 g/mol. The largest absolute Gasteiger partial charge is 0.314 e. The van der Waals surface area contributed by atoms with E-state index in [2.05, 4.69) is 55.3 Å². The highest BCUT2D eigenvalue weighted by Crippen LogP contribution is 2.41. The van der Waals surface area contributed by atoms with Crippen molar-refractivity contribution in [2.75, 3.05) is 6.54 Å². The first-order valence-corrected chi connectivity index (χ1v) is 8.27. The van der Waals surface area contributed by atoms with Gasteiger partial charge in [0, 0.05) is 24.2 Å². The topological polar surface area (TPSA) is 15.3 Å². The molecule has 2 heterocycles. The van der Waals surface area contributed by atoms with Crippen LogP contribution in [0.4, 0.5) is 0 Å². The van der Waals surface area contributed by atoms with Crippen LogP contribution in [0.1, 0.15) is 56.7 Å². The molecule has 0 radical (unpaired) electrons. The molecule has 1 aromatic rings. The van der Waals surface area contributed by atoms with Gasteiger partial charge in [-0.15, -0.1) is 0 Å². The molecule has 1 N–H and O–H groups in total. The van der Waals surface area contributed by atoms with Gasteiger partial charge in [0.25, 0.3) is 0 Å². The number of piperidine rings is 1. The molecule has 1 aromatic carbocycles. The third-order valence-corrected chi connectivity index (χ3v) is 5.37. The van der Waals surface area contributed by atoms with E-state index < -0.39 is 0 Å². The number of nitrogens with one attached hydrogen (secondary N) is 1. The Morgan fingerprint density at radius 2 is 1.85 bits per heavy atom. The van der Waals surface area contributed by atoms with E-state index >= 15 is 0 Å². The van der Waals surface area contributed by atoms with Crippen molar-refractivity contribution in [3.05, 3.63) is 35.4 Å². The van der Waals surface area contributed by atoms with Crippen LogP contribution in [0.15, 0.2) is 24.3 Å². The molecule has 0 aromatic heterocycles. The number of rotatable bonds is 4. The van der Waals surface area contributed by atoms with Crippen LogP contribution in [0.2, 0.25) is 0 Å². The summed E-state index contributed by atoms with van der Waals surface area (Å²) < 4.78 is 0. The summed E-state index contributed by atoms with van der Waals surface area (Å²) in [5.41, 5.74) is 2.96. The summed E-state index contributed by atoms with van der Waals surface area (Å²) in [6.45, 7) is 7.99. The van der Waals surface area contributed by atoms with Gasteiger partial charge >= 0.3 is 0 Å². The van der Waals surface area contributed by atoms with E-state index in [4.69, 9.17) is 0 Å². The van der Waals surface area contributed by atoms with Crippen LogP contribution >= 0.6 is 0 Å². The third-order valence-electron chi connectivity index (χ3n) is 5.37. The van der Waals surface area contributed by atoms with E-state index in [0.717, 1.165) is 24.7 Å². The molecule has 20 heavy (non-hydrogen) atoms. The molecular weight excluding hydrogens is 244 g/mol. The van der Waals surface area contributed by atoms with Crippen molar-refractivity contribution >= 4 is 0 Å². The summed E-state index contributed by atoms with van der Waals surface area (Å²) in [5.74, 6) is 0. The molecule has 2 aliphatic rings. The molecule has 0 saturated carbocycles. The van der Waals surface area contributed by atoms with E-state index in [1.807, 2.05) is 0 Å². The molecular formula is C18H28N2. The van der Waals surface area contributed by atoms with Gasteiger partial charge < -0.3 is 5.32 Å². The van der Waals surface area contributed by atoms with Crippen molar-refractivity contribution in [1.82, 2.24) is 10.2 Å². The van der Waals surface area contributed by atoms with Gasteiger partial charge in [-0.25, -0.2) is 0 Å². The average Bonchev–Trinajstić information content (AvgIpc) is 2.70. The van der Waals surface area contributed by atoms with E-state index in [1.54, 1.807) is 0 Å². The van der Waals surface area contributed by atoms with Crippen molar-refractivity contribution in [1.29, 1.82) is 0 Å². The molecule has 2 aliphatic heterocycles. The molecule has 2 nitrogen and oxygen atoms in total. The van der Waals surface area contributed by atoms with Crippen LogP contribution in [0, 0.1) is 6.92 Å². The molecule has 2 heteroatoms. The van der Waals surface area contributed by atoms with Crippen LogP contribution < -0.4 is 5.32 Å². The Morgan fingerprint density at radius 3 is 2.45 bits per heavy atom. The first-order valence-electron chi connectivity index (χ1n) is 8.27. The second-order valence-electron chi connectivity index (χ2n) is 6.59. The summed E-state index contributed by atoms with van der Waals surface area (Å²) >= 11 is 0. The van der Waals surface area contributed by atoms with Crippen molar-refractivity contribution in [3.63, 3.8) is 0 Å². The maximum atomic E-state index is 3.67. The van der Waals surface area contributed by atoms with Crippen molar-refractivity contribution in [2.45, 2.75) is 70.6 Å². The lowest BCUT2D eigenvalue weighted by Gasteiger charge is -2.43. The Morgan fingerprint density at radius 1 is 1.20 bits per heavy atom. The van der Waals surface area contributed by atoms with E-state index in [9.17, 15) is 0 Å². The second-order valence-corrected chi connectivity index (χ2v) is 6.59. The minimum atomic E-state index is 0.566. The number of fused-ring (bicyclic) bond motifs is 2. The van der Waals surface area contributed by atoms with Gasteiger partial charge in [-0.3, -0.25) is 4.90 Å².